The standard InChI is InChI=1S/C22H26N6O/c1-17-15-24-22(27-21(17)25-19-5-4-10-23-16-19)26-18-6-8-20(9-7-18)29-14-13-28-11-2-3-12-28/h4-10,15-16H,2-3,11-14H2,1H3,(H2,24,25,26,27). The van der Waals surface area contributed by atoms with Crippen LogP contribution < -0.4 is 15.4 Å². The Morgan fingerprint density at radius 3 is 2.59 bits per heavy atom. The number of ether oxygens (including phenoxy) is 1. The van der Waals surface area contributed by atoms with Crippen LogP contribution in [0.4, 0.5) is 23.1 Å². The fourth-order valence-electron chi connectivity index (χ4n) is 3.26. The van der Waals surface area contributed by atoms with Crippen molar-refractivity contribution >= 4 is 23.1 Å². The third-order valence-corrected chi connectivity index (χ3v) is 4.88. The molecular weight excluding hydrogens is 364 g/mol. The first-order chi connectivity index (χ1) is 14.3. The van der Waals surface area contributed by atoms with Crippen LogP contribution in [-0.2, 0) is 0 Å². The second-order valence-electron chi connectivity index (χ2n) is 7.14. The normalized spacial score (nSPS) is 14.0. The van der Waals surface area contributed by atoms with Gasteiger partial charge in [0, 0.05) is 30.2 Å². The second kappa shape index (κ2) is 9.34. The maximum atomic E-state index is 5.86. The zero-order valence-corrected chi connectivity index (χ0v) is 16.6. The Hall–Kier alpha value is -3.19. The molecule has 1 aliphatic rings. The summed E-state index contributed by atoms with van der Waals surface area (Å²) in [6.45, 7) is 6.07. The van der Waals surface area contributed by atoms with Gasteiger partial charge in [0.05, 0.1) is 11.9 Å². The predicted octanol–water partition coefficient (Wildman–Crippen LogP) is 4.14. The van der Waals surface area contributed by atoms with Crippen LogP contribution in [0.25, 0.3) is 0 Å². The van der Waals surface area contributed by atoms with Gasteiger partial charge in [-0.2, -0.15) is 4.98 Å². The average molecular weight is 390 g/mol. The van der Waals surface area contributed by atoms with E-state index in [9.17, 15) is 0 Å². The molecule has 3 aromatic rings. The summed E-state index contributed by atoms with van der Waals surface area (Å²) in [4.78, 5) is 15.5. The van der Waals surface area contributed by atoms with Crippen molar-refractivity contribution in [1.29, 1.82) is 0 Å². The van der Waals surface area contributed by atoms with Crippen LogP contribution in [0, 0.1) is 6.92 Å². The first-order valence-electron chi connectivity index (χ1n) is 9.99. The number of aryl methyl sites for hydroxylation is 1. The van der Waals surface area contributed by atoms with Gasteiger partial charge >= 0.3 is 0 Å². The van der Waals surface area contributed by atoms with Crippen LogP contribution in [0.1, 0.15) is 18.4 Å². The lowest BCUT2D eigenvalue weighted by Gasteiger charge is -2.15. The van der Waals surface area contributed by atoms with Crippen LogP contribution in [0.3, 0.4) is 0 Å². The van der Waals surface area contributed by atoms with Gasteiger partial charge in [-0.05, 0) is 69.3 Å². The Balaban J connectivity index is 1.34. The van der Waals surface area contributed by atoms with Crippen molar-refractivity contribution in [2.45, 2.75) is 19.8 Å². The summed E-state index contributed by atoms with van der Waals surface area (Å²) in [5, 5.41) is 6.52. The summed E-state index contributed by atoms with van der Waals surface area (Å²) >= 11 is 0. The van der Waals surface area contributed by atoms with Crippen LogP contribution >= 0.6 is 0 Å². The Morgan fingerprint density at radius 2 is 1.83 bits per heavy atom. The van der Waals surface area contributed by atoms with Gasteiger partial charge < -0.3 is 15.4 Å². The van der Waals surface area contributed by atoms with Gasteiger partial charge in [-0.1, -0.05) is 0 Å². The molecule has 0 spiro atoms. The molecule has 3 heterocycles. The lowest BCUT2D eigenvalue weighted by molar-refractivity contribution is 0.238. The molecule has 0 saturated carbocycles. The van der Waals surface area contributed by atoms with Gasteiger partial charge in [0.25, 0.3) is 0 Å². The first-order valence-corrected chi connectivity index (χ1v) is 9.99. The van der Waals surface area contributed by atoms with E-state index >= 15 is 0 Å². The molecule has 0 atom stereocenters. The number of anilines is 4. The van der Waals surface area contributed by atoms with E-state index in [4.69, 9.17) is 4.74 Å². The molecule has 0 amide bonds. The highest BCUT2D eigenvalue weighted by Gasteiger charge is 2.11. The largest absolute Gasteiger partial charge is 0.492 e. The zero-order chi connectivity index (χ0) is 19.9. The highest BCUT2D eigenvalue weighted by Crippen LogP contribution is 2.22. The van der Waals surface area contributed by atoms with E-state index < -0.39 is 0 Å². The number of benzene rings is 1. The minimum Gasteiger partial charge on any atom is -0.492 e. The summed E-state index contributed by atoms with van der Waals surface area (Å²) in [6, 6.07) is 11.7. The molecule has 0 unspecified atom stereocenters. The van der Waals surface area contributed by atoms with Crippen LogP contribution in [0.2, 0.25) is 0 Å². The monoisotopic (exact) mass is 390 g/mol. The molecule has 1 aliphatic heterocycles. The molecule has 1 saturated heterocycles. The number of nitrogens with one attached hydrogen (secondary N) is 2. The van der Waals surface area contributed by atoms with Crippen molar-refractivity contribution in [1.82, 2.24) is 19.9 Å². The van der Waals surface area contributed by atoms with E-state index in [1.807, 2.05) is 43.3 Å². The third-order valence-electron chi connectivity index (χ3n) is 4.88. The lowest BCUT2D eigenvalue weighted by atomic mass is 10.3. The molecule has 0 radical (unpaired) electrons. The Labute approximate surface area is 171 Å². The Kier molecular flexibility index (Phi) is 6.16. The van der Waals surface area contributed by atoms with Crippen molar-refractivity contribution in [3.05, 3.63) is 60.6 Å². The van der Waals surface area contributed by atoms with Crippen LogP contribution in [0.15, 0.2) is 55.0 Å². The molecule has 7 nitrogen and oxygen atoms in total. The van der Waals surface area contributed by atoms with E-state index in [1.165, 1.54) is 25.9 Å². The molecule has 1 fully saturated rings. The second-order valence-corrected chi connectivity index (χ2v) is 7.14. The number of rotatable bonds is 8. The average Bonchev–Trinajstić information content (AvgIpc) is 3.26. The lowest BCUT2D eigenvalue weighted by Crippen LogP contribution is -2.25. The Morgan fingerprint density at radius 1 is 1.00 bits per heavy atom. The summed E-state index contributed by atoms with van der Waals surface area (Å²) in [6.07, 6.45) is 7.91. The van der Waals surface area contributed by atoms with E-state index in [0.717, 1.165) is 41.7 Å². The van der Waals surface area contributed by atoms with Crippen molar-refractivity contribution < 1.29 is 4.74 Å². The van der Waals surface area contributed by atoms with Gasteiger partial charge in [-0.15, -0.1) is 0 Å². The van der Waals surface area contributed by atoms with Crippen molar-refractivity contribution in [3.63, 3.8) is 0 Å². The topological polar surface area (TPSA) is 75.2 Å². The summed E-state index contributed by atoms with van der Waals surface area (Å²) < 4.78 is 5.86. The minimum atomic E-state index is 0.532. The summed E-state index contributed by atoms with van der Waals surface area (Å²) in [5.41, 5.74) is 2.75. The molecule has 1 aromatic carbocycles. The smallest absolute Gasteiger partial charge is 0.229 e. The fraction of sp³-hybridized carbons (Fsp3) is 0.318. The van der Waals surface area contributed by atoms with Crippen molar-refractivity contribution in [3.8, 4) is 5.75 Å². The molecule has 2 N–H and O–H groups in total. The van der Waals surface area contributed by atoms with Crippen molar-refractivity contribution in [2.24, 2.45) is 0 Å². The van der Waals surface area contributed by atoms with E-state index in [-0.39, 0.29) is 0 Å². The van der Waals surface area contributed by atoms with Gasteiger partial charge in [-0.3, -0.25) is 9.88 Å². The molecule has 2 aromatic heterocycles. The van der Waals surface area contributed by atoms with Gasteiger partial charge in [0.15, 0.2) is 0 Å². The molecule has 150 valence electrons. The van der Waals surface area contributed by atoms with Crippen LogP contribution in [0.5, 0.6) is 5.75 Å². The van der Waals surface area contributed by atoms with E-state index in [2.05, 4.69) is 30.5 Å². The minimum absolute atomic E-state index is 0.532. The Bertz CT molecular complexity index is 910. The molecule has 0 aliphatic carbocycles. The molecule has 4 rings (SSSR count). The number of aromatic nitrogens is 3. The number of hydrogen-bond donors (Lipinski definition) is 2. The maximum absolute atomic E-state index is 5.86. The van der Waals surface area contributed by atoms with E-state index in [0.29, 0.717) is 5.95 Å². The SMILES string of the molecule is Cc1cnc(Nc2ccc(OCCN3CCCC3)cc2)nc1Nc1cccnc1. The number of likely N-dealkylation sites (tertiary alicyclic amines) is 1. The highest BCUT2D eigenvalue weighted by atomic mass is 16.5. The number of pyridine rings is 1. The summed E-state index contributed by atoms with van der Waals surface area (Å²) in [5.74, 6) is 2.15. The summed E-state index contributed by atoms with van der Waals surface area (Å²) in [7, 11) is 0. The molecule has 29 heavy (non-hydrogen) atoms. The highest BCUT2D eigenvalue weighted by molar-refractivity contribution is 5.61. The predicted molar refractivity (Wildman–Crippen MR) is 115 cm³/mol. The fourth-order valence-corrected chi connectivity index (χ4v) is 3.26. The van der Waals surface area contributed by atoms with Crippen molar-refractivity contribution in [2.75, 3.05) is 36.9 Å². The van der Waals surface area contributed by atoms with Gasteiger partial charge in [-0.25, -0.2) is 4.98 Å². The maximum Gasteiger partial charge on any atom is 0.229 e. The molecule has 7 heteroatoms. The van der Waals surface area contributed by atoms with Crippen LogP contribution in [-0.4, -0.2) is 46.1 Å². The van der Waals surface area contributed by atoms with E-state index in [1.54, 1.807) is 18.6 Å². The first kappa shape index (κ1) is 19.1. The number of hydrogen-bond acceptors (Lipinski definition) is 7. The van der Waals surface area contributed by atoms with Gasteiger partial charge in [0.1, 0.15) is 18.2 Å². The zero-order valence-electron chi connectivity index (χ0n) is 16.6. The quantitative estimate of drug-likeness (QED) is 0.599. The molecule has 0 bridgehead atoms. The number of nitrogens with zero attached hydrogens (tertiary/aromatic N) is 4. The van der Waals surface area contributed by atoms with Gasteiger partial charge in [0.2, 0.25) is 5.95 Å². The molecular formula is C22H26N6O. The third kappa shape index (κ3) is 5.42.